The van der Waals surface area contributed by atoms with Crippen molar-refractivity contribution < 1.29 is 14.3 Å². The van der Waals surface area contributed by atoms with Crippen molar-refractivity contribution in [2.75, 3.05) is 6.61 Å². The summed E-state index contributed by atoms with van der Waals surface area (Å²) in [7, 11) is 0. The summed E-state index contributed by atoms with van der Waals surface area (Å²) in [6, 6.07) is 27.4. The summed E-state index contributed by atoms with van der Waals surface area (Å²) in [5, 5.41) is 3.31. The topological polar surface area (TPSA) is 58.6 Å². The highest BCUT2D eigenvalue weighted by molar-refractivity contribution is 5.88. The molecule has 200 valence electrons. The number of ether oxygens (including phenoxy) is 1. The van der Waals surface area contributed by atoms with Gasteiger partial charge in [0.25, 0.3) is 0 Å². The fourth-order valence-electron chi connectivity index (χ4n) is 5.14. The summed E-state index contributed by atoms with van der Waals surface area (Å²) in [4.78, 5) is 29.4. The average molecular weight is 513 g/mol. The third-order valence-corrected chi connectivity index (χ3v) is 7.37. The molecule has 1 atom stereocenters. The van der Waals surface area contributed by atoms with Gasteiger partial charge >= 0.3 is 0 Å². The first-order valence-electron chi connectivity index (χ1n) is 14.0. The van der Waals surface area contributed by atoms with Crippen molar-refractivity contribution in [3.05, 3.63) is 102 Å². The lowest BCUT2D eigenvalue weighted by Crippen LogP contribution is -2.52. The first kappa shape index (κ1) is 27.4. The molecule has 0 aromatic heterocycles. The predicted molar refractivity (Wildman–Crippen MR) is 152 cm³/mol. The molecule has 1 aliphatic carbocycles. The van der Waals surface area contributed by atoms with Crippen molar-refractivity contribution in [2.24, 2.45) is 0 Å². The number of rotatable bonds is 12. The van der Waals surface area contributed by atoms with Crippen LogP contribution >= 0.6 is 0 Å². The molecule has 0 spiro atoms. The zero-order chi connectivity index (χ0) is 26.6. The molecule has 4 rings (SSSR count). The molecule has 1 fully saturated rings. The third-order valence-electron chi connectivity index (χ3n) is 7.37. The maximum Gasteiger partial charge on any atom is 0.243 e. The van der Waals surface area contributed by atoms with Gasteiger partial charge in [-0.3, -0.25) is 9.59 Å². The van der Waals surface area contributed by atoms with Crippen LogP contribution in [0.2, 0.25) is 0 Å². The standard InChI is InChI=1S/C33H40N2O3/c1-26-14-11-12-17-28(26)25-35(32(36)22-13-23-38-30-20-9-4-10-21-30)31(24-27-15-5-2-6-16-27)33(37)34-29-18-7-3-8-19-29/h2,4-6,9-12,14-17,20-21,29,31H,3,7-8,13,18-19,22-25H2,1H3,(H,34,37). The quantitative estimate of drug-likeness (QED) is 0.292. The Balaban J connectivity index is 1.53. The van der Waals surface area contributed by atoms with Crippen LogP contribution in [0, 0.1) is 6.92 Å². The Labute approximate surface area is 227 Å². The minimum Gasteiger partial charge on any atom is -0.494 e. The number of carbonyl (C=O) groups excluding carboxylic acids is 2. The molecular formula is C33H40N2O3. The van der Waals surface area contributed by atoms with Gasteiger partial charge in [0.2, 0.25) is 11.8 Å². The first-order valence-corrected chi connectivity index (χ1v) is 14.0. The molecule has 1 saturated carbocycles. The van der Waals surface area contributed by atoms with Crippen molar-refractivity contribution >= 4 is 11.8 Å². The van der Waals surface area contributed by atoms with E-state index in [1.165, 1.54) is 6.42 Å². The van der Waals surface area contributed by atoms with Gasteiger partial charge in [0.05, 0.1) is 6.61 Å². The Hall–Kier alpha value is -3.60. The largest absolute Gasteiger partial charge is 0.494 e. The van der Waals surface area contributed by atoms with Gasteiger partial charge in [-0.2, -0.15) is 0 Å². The Kier molecular flexibility index (Phi) is 10.4. The van der Waals surface area contributed by atoms with Gasteiger partial charge in [-0.25, -0.2) is 0 Å². The fraction of sp³-hybridized carbons (Fsp3) is 0.394. The number of hydrogen-bond donors (Lipinski definition) is 1. The molecule has 1 aliphatic rings. The van der Waals surface area contributed by atoms with Gasteiger partial charge in [-0.1, -0.05) is 92.1 Å². The zero-order valence-corrected chi connectivity index (χ0v) is 22.5. The lowest BCUT2D eigenvalue weighted by molar-refractivity contribution is -0.141. The van der Waals surface area contributed by atoms with E-state index >= 15 is 0 Å². The molecule has 1 N–H and O–H groups in total. The van der Waals surface area contributed by atoms with E-state index < -0.39 is 6.04 Å². The minimum absolute atomic E-state index is 0.0235. The number of nitrogens with one attached hydrogen (secondary N) is 1. The molecule has 3 aromatic rings. The maximum absolute atomic E-state index is 13.8. The van der Waals surface area contributed by atoms with Crippen molar-refractivity contribution in [1.82, 2.24) is 10.2 Å². The van der Waals surface area contributed by atoms with Crippen molar-refractivity contribution in [2.45, 2.75) is 76.9 Å². The van der Waals surface area contributed by atoms with Gasteiger partial charge in [0, 0.05) is 25.4 Å². The Morgan fingerprint density at radius 1 is 0.895 bits per heavy atom. The summed E-state index contributed by atoms with van der Waals surface area (Å²) < 4.78 is 5.83. The van der Waals surface area contributed by atoms with E-state index in [2.05, 4.69) is 18.3 Å². The van der Waals surface area contributed by atoms with Crippen molar-refractivity contribution in [3.8, 4) is 5.75 Å². The number of aryl methyl sites for hydroxylation is 1. The molecule has 3 aromatic carbocycles. The molecule has 1 unspecified atom stereocenters. The van der Waals surface area contributed by atoms with Crippen LogP contribution in [0.3, 0.4) is 0 Å². The van der Waals surface area contributed by atoms with Gasteiger partial charge < -0.3 is 15.0 Å². The van der Waals surface area contributed by atoms with Gasteiger partial charge in [0.15, 0.2) is 0 Å². The molecule has 0 saturated heterocycles. The number of benzene rings is 3. The Morgan fingerprint density at radius 2 is 1.55 bits per heavy atom. The van der Waals surface area contributed by atoms with Crippen LogP contribution in [-0.2, 0) is 22.6 Å². The normalized spacial score (nSPS) is 14.4. The van der Waals surface area contributed by atoms with E-state index in [1.807, 2.05) is 78.9 Å². The summed E-state index contributed by atoms with van der Waals surface area (Å²) >= 11 is 0. The molecular weight excluding hydrogens is 472 g/mol. The fourth-order valence-corrected chi connectivity index (χ4v) is 5.14. The number of carbonyl (C=O) groups is 2. The van der Waals surface area contributed by atoms with Gasteiger partial charge in [-0.05, 0) is 55.0 Å². The van der Waals surface area contributed by atoms with E-state index in [9.17, 15) is 9.59 Å². The molecule has 2 amide bonds. The Bertz CT molecular complexity index is 1140. The number of hydrogen-bond acceptors (Lipinski definition) is 3. The Morgan fingerprint density at radius 3 is 2.26 bits per heavy atom. The molecule has 0 aliphatic heterocycles. The molecule has 5 heteroatoms. The molecule has 0 radical (unpaired) electrons. The average Bonchev–Trinajstić information content (AvgIpc) is 2.95. The van der Waals surface area contributed by atoms with E-state index in [-0.39, 0.29) is 17.9 Å². The van der Waals surface area contributed by atoms with E-state index in [0.29, 0.717) is 32.4 Å². The smallest absolute Gasteiger partial charge is 0.243 e. The van der Waals surface area contributed by atoms with Crippen LogP contribution < -0.4 is 10.1 Å². The number of nitrogens with zero attached hydrogens (tertiary/aromatic N) is 1. The summed E-state index contributed by atoms with van der Waals surface area (Å²) in [5.41, 5.74) is 3.22. The maximum atomic E-state index is 13.8. The minimum atomic E-state index is -0.582. The SMILES string of the molecule is Cc1ccccc1CN(C(=O)CCCOc1ccccc1)C(Cc1ccccc1)C(=O)NC1CCCCC1. The lowest BCUT2D eigenvalue weighted by Gasteiger charge is -2.34. The van der Waals surface area contributed by atoms with Crippen LogP contribution in [0.4, 0.5) is 0 Å². The highest BCUT2D eigenvalue weighted by Crippen LogP contribution is 2.21. The predicted octanol–water partition coefficient (Wildman–Crippen LogP) is 6.24. The monoisotopic (exact) mass is 512 g/mol. The van der Waals surface area contributed by atoms with E-state index in [4.69, 9.17) is 4.74 Å². The molecule has 0 heterocycles. The molecule has 38 heavy (non-hydrogen) atoms. The third kappa shape index (κ3) is 8.20. The van der Waals surface area contributed by atoms with Crippen LogP contribution in [0.1, 0.15) is 61.6 Å². The number of amides is 2. The second kappa shape index (κ2) is 14.4. The van der Waals surface area contributed by atoms with E-state index in [0.717, 1.165) is 48.1 Å². The van der Waals surface area contributed by atoms with Crippen LogP contribution in [0.5, 0.6) is 5.75 Å². The highest BCUT2D eigenvalue weighted by Gasteiger charge is 2.31. The summed E-state index contributed by atoms with van der Waals surface area (Å²) in [5.74, 6) is 0.721. The summed E-state index contributed by atoms with van der Waals surface area (Å²) in [6.07, 6.45) is 6.91. The lowest BCUT2D eigenvalue weighted by atomic mass is 9.94. The summed E-state index contributed by atoms with van der Waals surface area (Å²) in [6.45, 7) is 2.91. The first-order chi connectivity index (χ1) is 18.6. The zero-order valence-electron chi connectivity index (χ0n) is 22.5. The van der Waals surface area contributed by atoms with Crippen LogP contribution in [0.15, 0.2) is 84.9 Å². The second-order valence-corrected chi connectivity index (χ2v) is 10.3. The molecule has 5 nitrogen and oxygen atoms in total. The molecule has 0 bridgehead atoms. The van der Waals surface area contributed by atoms with Crippen molar-refractivity contribution in [1.29, 1.82) is 0 Å². The van der Waals surface area contributed by atoms with Crippen LogP contribution in [-0.4, -0.2) is 35.4 Å². The van der Waals surface area contributed by atoms with Gasteiger partial charge in [0.1, 0.15) is 11.8 Å². The highest BCUT2D eigenvalue weighted by atomic mass is 16.5. The van der Waals surface area contributed by atoms with Crippen molar-refractivity contribution in [3.63, 3.8) is 0 Å². The van der Waals surface area contributed by atoms with Crippen LogP contribution in [0.25, 0.3) is 0 Å². The van der Waals surface area contributed by atoms with Gasteiger partial charge in [-0.15, -0.1) is 0 Å². The second-order valence-electron chi connectivity index (χ2n) is 10.3. The van der Waals surface area contributed by atoms with E-state index in [1.54, 1.807) is 4.90 Å². The number of para-hydroxylation sites is 1.